The predicted molar refractivity (Wildman–Crippen MR) is 103 cm³/mol. The van der Waals surface area contributed by atoms with Crippen molar-refractivity contribution in [2.75, 3.05) is 0 Å². The lowest BCUT2D eigenvalue weighted by atomic mass is 9.78. The van der Waals surface area contributed by atoms with Gasteiger partial charge in [-0.05, 0) is 67.0 Å². The van der Waals surface area contributed by atoms with E-state index in [-0.39, 0.29) is 23.6 Å². The molecule has 4 atom stereocenters. The van der Waals surface area contributed by atoms with Crippen molar-refractivity contribution in [2.24, 2.45) is 17.8 Å². The van der Waals surface area contributed by atoms with Gasteiger partial charge in [-0.3, -0.25) is 9.78 Å². The molecule has 3 aromatic rings. The summed E-state index contributed by atoms with van der Waals surface area (Å²) in [6.45, 7) is 0.456. The summed E-state index contributed by atoms with van der Waals surface area (Å²) in [4.78, 5) is 21.7. The van der Waals surface area contributed by atoms with Crippen LogP contribution in [0.3, 0.4) is 0 Å². The molecule has 6 nitrogen and oxygen atoms in total. The first-order valence-electron chi connectivity index (χ1n) is 9.95. The summed E-state index contributed by atoms with van der Waals surface area (Å²) in [5.74, 6) is 1.17. The van der Waals surface area contributed by atoms with Gasteiger partial charge in [0.2, 0.25) is 17.6 Å². The largest absolute Gasteiger partial charge is 0.352 e. The lowest BCUT2D eigenvalue weighted by Crippen LogP contribution is -2.37. The van der Waals surface area contributed by atoms with E-state index in [4.69, 9.17) is 4.52 Å². The van der Waals surface area contributed by atoms with Gasteiger partial charge in [-0.1, -0.05) is 11.2 Å². The number of hydrogen-bond acceptors (Lipinski definition) is 5. The average molecular weight is 392 g/mol. The number of hydrogen-bond donors (Lipinski definition) is 1. The Morgan fingerprint density at radius 1 is 1.17 bits per heavy atom. The molecule has 7 heteroatoms. The summed E-state index contributed by atoms with van der Waals surface area (Å²) in [5.41, 5.74) is 1.67. The molecule has 0 unspecified atom stereocenters. The van der Waals surface area contributed by atoms with E-state index < -0.39 is 0 Å². The minimum absolute atomic E-state index is 0.0348. The molecule has 0 spiro atoms. The van der Waals surface area contributed by atoms with E-state index >= 15 is 0 Å². The second-order valence-corrected chi connectivity index (χ2v) is 7.93. The van der Waals surface area contributed by atoms with Gasteiger partial charge in [-0.2, -0.15) is 4.98 Å². The SMILES string of the molecule is O=C(NCc1cccnc1)[C@H]1[C@H]2CC[C@H](C2)[C@@H]1c1nc(-c2ccc(F)cc2)no1. The Hall–Kier alpha value is -3.09. The molecule has 2 aromatic heterocycles. The maximum Gasteiger partial charge on any atom is 0.231 e. The van der Waals surface area contributed by atoms with Crippen LogP contribution in [0.4, 0.5) is 4.39 Å². The van der Waals surface area contributed by atoms with E-state index in [1.807, 2.05) is 12.1 Å². The molecule has 5 rings (SSSR count). The van der Waals surface area contributed by atoms with Crippen molar-refractivity contribution >= 4 is 5.91 Å². The fraction of sp³-hybridized carbons (Fsp3) is 0.364. The monoisotopic (exact) mass is 392 g/mol. The maximum absolute atomic E-state index is 13.2. The molecule has 0 radical (unpaired) electrons. The summed E-state index contributed by atoms with van der Waals surface area (Å²) >= 11 is 0. The molecule has 2 bridgehead atoms. The Morgan fingerprint density at radius 3 is 2.79 bits per heavy atom. The van der Waals surface area contributed by atoms with Crippen LogP contribution in [0, 0.1) is 23.6 Å². The molecule has 2 aliphatic rings. The van der Waals surface area contributed by atoms with Crippen LogP contribution in [0.1, 0.15) is 36.6 Å². The van der Waals surface area contributed by atoms with Gasteiger partial charge in [0.05, 0.1) is 11.8 Å². The summed E-state index contributed by atoms with van der Waals surface area (Å²) in [7, 11) is 0. The van der Waals surface area contributed by atoms with Gasteiger partial charge in [0.15, 0.2) is 0 Å². The van der Waals surface area contributed by atoms with E-state index in [1.165, 1.54) is 12.1 Å². The number of aromatic nitrogens is 3. The molecule has 29 heavy (non-hydrogen) atoms. The second-order valence-electron chi connectivity index (χ2n) is 7.93. The number of nitrogens with one attached hydrogen (secondary N) is 1. The molecule has 148 valence electrons. The van der Waals surface area contributed by atoms with E-state index in [0.717, 1.165) is 24.8 Å². The van der Waals surface area contributed by atoms with Gasteiger partial charge in [0.1, 0.15) is 5.82 Å². The molecule has 0 aliphatic heterocycles. The van der Waals surface area contributed by atoms with E-state index in [1.54, 1.807) is 24.5 Å². The molecular weight excluding hydrogens is 371 g/mol. The van der Waals surface area contributed by atoms with Gasteiger partial charge in [0.25, 0.3) is 0 Å². The molecule has 2 heterocycles. The highest BCUT2D eigenvalue weighted by Crippen LogP contribution is 2.56. The molecule has 1 amide bonds. The Kier molecular flexibility index (Phi) is 4.58. The second kappa shape index (κ2) is 7.39. The van der Waals surface area contributed by atoms with Crippen LogP contribution in [-0.2, 0) is 11.3 Å². The van der Waals surface area contributed by atoms with E-state index in [9.17, 15) is 9.18 Å². The number of pyridine rings is 1. The highest BCUT2D eigenvalue weighted by molar-refractivity contribution is 5.80. The van der Waals surface area contributed by atoms with Crippen LogP contribution in [0.2, 0.25) is 0 Å². The van der Waals surface area contributed by atoms with Crippen LogP contribution in [0.5, 0.6) is 0 Å². The first-order chi connectivity index (χ1) is 14.2. The molecule has 2 fully saturated rings. The van der Waals surface area contributed by atoms with Gasteiger partial charge in [0, 0.05) is 24.5 Å². The Labute approximate surface area is 167 Å². The topological polar surface area (TPSA) is 80.9 Å². The van der Waals surface area contributed by atoms with Crippen molar-refractivity contribution in [3.63, 3.8) is 0 Å². The third-order valence-electron chi connectivity index (χ3n) is 6.24. The number of fused-ring (bicyclic) bond motifs is 2. The Bertz CT molecular complexity index is 1010. The van der Waals surface area contributed by atoms with Gasteiger partial charge in [-0.25, -0.2) is 4.39 Å². The smallest absolute Gasteiger partial charge is 0.231 e. The number of carbonyl (C=O) groups excluding carboxylic acids is 1. The molecule has 2 aliphatic carbocycles. The van der Waals surface area contributed by atoms with E-state index in [0.29, 0.717) is 35.7 Å². The third-order valence-corrected chi connectivity index (χ3v) is 6.24. The molecular formula is C22H21FN4O2. The minimum atomic E-state index is -0.309. The van der Waals surface area contributed by atoms with Crippen LogP contribution >= 0.6 is 0 Å². The van der Waals surface area contributed by atoms with Crippen LogP contribution in [-0.4, -0.2) is 21.0 Å². The first-order valence-corrected chi connectivity index (χ1v) is 9.95. The number of halogens is 1. The summed E-state index contributed by atoms with van der Waals surface area (Å²) in [5, 5.41) is 7.14. The van der Waals surface area contributed by atoms with Crippen molar-refractivity contribution in [3.8, 4) is 11.4 Å². The summed E-state index contributed by atoms with van der Waals surface area (Å²) in [6.07, 6.45) is 6.63. The fourth-order valence-electron chi connectivity index (χ4n) is 4.92. The third kappa shape index (κ3) is 3.41. The van der Waals surface area contributed by atoms with Crippen molar-refractivity contribution < 1.29 is 13.7 Å². The maximum atomic E-state index is 13.2. The van der Waals surface area contributed by atoms with Crippen LogP contribution in [0.25, 0.3) is 11.4 Å². The lowest BCUT2D eigenvalue weighted by molar-refractivity contribution is -0.127. The summed E-state index contributed by atoms with van der Waals surface area (Å²) in [6, 6.07) is 9.80. The fourth-order valence-corrected chi connectivity index (χ4v) is 4.92. The van der Waals surface area contributed by atoms with Crippen molar-refractivity contribution in [3.05, 3.63) is 66.1 Å². The highest BCUT2D eigenvalue weighted by atomic mass is 19.1. The van der Waals surface area contributed by atoms with Gasteiger partial charge >= 0.3 is 0 Å². The predicted octanol–water partition coefficient (Wildman–Crippen LogP) is 3.72. The average Bonchev–Trinajstić information content (AvgIpc) is 3.49. The van der Waals surface area contributed by atoms with Gasteiger partial charge < -0.3 is 9.84 Å². The Morgan fingerprint density at radius 2 is 2.00 bits per heavy atom. The standard InChI is InChI=1S/C22H21FN4O2/c23-17-7-5-14(6-8-17)20-26-22(29-27-20)19-16-4-3-15(10-16)18(19)21(28)25-12-13-2-1-9-24-11-13/h1-2,5-9,11,15-16,18-19H,3-4,10,12H2,(H,25,28)/t15-,16+,18-,19-/m0/s1. The molecule has 2 saturated carbocycles. The normalized spacial score (nSPS) is 25.3. The van der Waals surface area contributed by atoms with E-state index in [2.05, 4.69) is 20.4 Å². The molecule has 0 saturated heterocycles. The number of carbonyl (C=O) groups is 1. The minimum Gasteiger partial charge on any atom is -0.352 e. The summed E-state index contributed by atoms with van der Waals surface area (Å²) < 4.78 is 18.8. The highest BCUT2D eigenvalue weighted by Gasteiger charge is 2.53. The number of nitrogens with zero attached hydrogens (tertiary/aromatic N) is 3. The molecule has 1 N–H and O–H groups in total. The van der Waals surface area contributed by atoms with Crippen LogP contribution in [0.15, 0.2) is 53.3 Å². The number of amides is 1. The quantitative estimate of drug-likeness (QED) is 0.716. The van der Waals surface area contributed by atoms with Crippen molar-refractivity contribution in [1.82, 2.24) is 20.4 Å². The first kappa shape index (κ1) is 18.0. The zero-order chi connectivity index (χ0) is 19.8. The van der Waals surface area contributed by atoms with Gasteiger partial charge in [-0.15, -0.1) is 0 Å². The lowest BCUT2D eigenvalue weighted by Gasteiger charge is -2.27. The zero-order valence-electron chi connectivity index (χ0n) is 15.8. The van der Waals surface area contributed by atoms with Crippen molar-refractivity contribution in [1.29, 1.82) is 0 Å². The Balaban J connectivity index is 1.36. The number of benzene rings is 1. The number of rotatable bonds is 5. The van der Waals surface area contributed by atoms with Crippen molar-refractivity contribution in [2.45, 2.75) is 31.7 Å². The molecule has 1 aromatic carbocycles. The van der Waals surface area contributed by atoms with Crippen LogP contribution < -0.4 is 5.32 Å². The zero-order valence-corrected chi connectivity index (χ0v) is 15.8.